The molecule has 0 atom stereocenters. The van der Waals surface area contributed by atoms with E-state index in [1.54, 1.807) is 6.07 Å². The molecule has 3 aromatic rings. The van der Waals surface area contributed by atoms with Crippen molar-refractivity contribution >= 4 is 24.2 Å². The number of amides is 1. The highest BCUT2D eigenvalue weighted by molar-refractivity contribution is 5.95. The van der Waals surface area contributed by atoms with Crippen molar-refractivity contribution in [3.63, 3.8) is 0 Å². The molecule has 39 heavy (non-hydrogen) atoms. The van der Waals surface area contributed by atoms with E-state index in [4.69, 9.17) is 14.5 Å². The molecule has 0 aliphatic rings. The molecule has 0 aliphatic carbocycles. The predicted molar refractivity (Wildman–Crippen MR) is 157 cm³/mol. The van der Waals surface area contributed by atoms with Crippen LogP contribution in [0.15, 0.2) is 48.5 Å². The van der Waals surface area contributed by atoms with Gasteiger partial charge in [0.05, 0.1) is 12.7 Å². The smallest absolute Gasteiger partial charge is 0.407 e. The van der Waals surface area contributed by atoms with E-state index in [9.17, 15) is 9.59 Å². The Labute approximate surface area is 232 Å². The van der Waals surface area contributed by atoms with Gasteiger partial charge in [-0.1, -0.05) is 74.0 Å². The Balaban J connectivity index is 2.22. The van der Waals surface area contributed by atoms with Gasteiger partial charge in [0, 0.05) is 29.1 Å². The first-order valence-corrected chi connectivity index (χ1v) is 13.3. The molecule has 6 nitrogen and oxygen atoms in total. The molecule has 0 radical (unpaired) electrons. The Morgan fingerprint density at radius 3 is 2.28 bits per heavy atom. The van der Waals surface area contributed by atoms with E-state index in [1.165, 1.54) is 7.11 Å². The average molecular weight is 529 g/mol. The van der Waals surface area contributed by atoms with E-state index in [2.05, 4.69) is 50.4 Å². The maximum absolute atomic E-state index is 12.6. The minimum atomic E-state index is -0.600. The fourth-order valence-electron chi connectivity index (χ4n) is 4.40. The number of esters is 1. The number of aryl methyl sites for hydroxylation is 2. The summed E-state index contributed by atoms with van der Waals surface area (Å²) in [6.45, 7) is 14.2. The minimum Gasteiger partial charge on any atom is -0.465 e. The summed E-state index contributed by atoms with van der Waals surface area (Å²) >= 11 is 0. The lowest BCUT2D eigenvalue weighted by Gasteiger charge is -2.23. The number of carbonyl (C=O) groups is 2. The number of hydrogen-bond donors (Lipinski definition) is 1. The van der Waals surface area contributed by atoms with E-state index in [0.717, 1.165) is 51.2 Å². The Morgan fingerprint density at radius 2 is 1.67 bits per heavy atom. The predicted octanol–water partition coefficient (Wildman–Crippen LogP) is 7.55. The number of carbonyl (C=O) groups excluding carboxylic acids is 2. The molecular formula is C33H40N2O4. The second-order valence-electron chi connectivity index (χ2n) is 11.1. The monoisotopic (exact) mass is 528 g/mol. The number of nitrogens with one attached hydrogen (secondary N) is 1. The van der Waals surface area contributed by atoms with Crippen molar-refractivity contribution < 1.29 is 19.1 Å². The highest BCUT2D eigenvalue weighted by Gasteiger charge is 2.22. The summed E-state index contributed by atoms with van der Waals surface area (Å²) in [4.78, 5) is 30.0. The first-order valence-electron chi connectivity index (χ1n) is 13.3. The fourth-order valence-corrected chi connectivity index (χ4v) is 4.40. The van der Waals surface area contributed by atoms with Crippen LogP contribution in [0.3, 0.4) is 0 Å². The van der Waals surface area contributed by atoms with Crippen LogP contribution < -0.4 is 5.32 Å². The number of nitrogens with zero attached hydrogens (tertiary/aromatic N) is 1. The molecule has 3 rings (SSSR count). The number of alkyl carbamates (subject to hydrolysis) is 1. The Morgan fingerprint density at radius 1 is 1.00 bits per heavy atom. The number of hydrogen-bond acceptors (Lipinski definition) is 5. The summed E-state index contributed by atoms with van der Waals surface area (Å²) in [5.41, 5.74) is 7.51. The van der Waals surface area contributed by atoms with Crippen LogP contribution >= 0.6 is 0 Å². The molecule has 0 saturated carbocycles. The van der Waals surface area contributed by atoms with Crippen LogP contribution in [-0.4, -0.2) is 29.8 Å². The van der Waals surface area contributed by atoms with Gasteiger partial charge in [-0.15, -0.1) is 0 Å². The van der Waals surface area contributed by atoms with Gasteiger partial charge in [0.2, 0.25) is 0 Å². The number of pyridine rings is 1. The highest BCUT2D eigenvalue weighted by atomic mass is 16.6. The molecule has 0 bridgehead atoms. The van der Waals surface area contributed by atoms with Crippen LogP contribution in [0.5, 0.6) is 0 Å². The van der Waals surface area contributed by atoms with Gasteiger partial charge in [-0.3, -0.25) is 4.98 Å². The van der Waals surface area contributed by atoms with Crippen LogP contribution in [0.4, 0.5) is 4.79 Å². The van der Waals surface area contributed by atoms with Crippen molar-refractivity contribution in [2.24, 2.45) is 5.92 Å². The van der Waals surface area contributed by atoms with E-state index >= 15 is 0 Å². The number of aromatic nitrogens is 1. The molecular weight excluding hydrogens is 488 g/mol. The summed E-state index contributed by atoms with van der Waals surface area (Å²) in [6.07, 6.45) is 4.20. The molecule has 0 unspecified atom stereocenters. The Kier molecular flexibility index (Phi) is 9.68. The largest absolute Gasteiger partial charge is 0.465 e. The van der Waals surface area contributed by atoms with Crippen LogP contribution in [0.25, 0.3) is 23.3 Å². The van der Waals surface area contributed by atoms with E-state index in [-0.39, 0.29) is 6.54 Å². The summed E-state index contributed by atoms with van der Waals surface area (Å²) in [7, 11) is 1.38. The average Bonchev–Trinajstić information content (AvgIpc) is 2.86. The zero-order chi connectivity index (χ0) is 28.7. The van der Waals surface area contributed by atoms with Gasteiger partial charge in [-0.05, 0) is 69.7 Å². The van der Waals surface area contributed by atoms with Gasteiger partial charge in [0.25, 0.3) is 0 Å². The zero-order valence-corrected chi connectivity index (χ0v) is 24.3. The van der Waals surface area contributed by atoms with Gasteiger partial charge in [-0.25, -0.2) is 9.59 Å². The minimum absolute atomic E-state index is 0.271. The summed E-state index contributed by atoms with van der Waals surface area (Å²) in [6, 6.07) is 15.7. The van der Waals surface area contributed by atoms with Crippen molar-refractivity contribution in [2.75, 3.05) is 7.11 Å². The molecule has 0 saturated heterocycles. The maximum Gasteiger partial charge on any atom is 0.407 e. The van der Waals surface area contributed by atoms with E-state index in [1.807, 2.05) is 58.0 Å². The molecule has 6 heteroatoms. The highest BCUT2D eigenvalue weighted by Crippen LogP contribution is 2.34. The summed E-state index contributed by atoms with van der Waals surface area (Å²) in [5, 5.41) is 2.96. The van der Waals surface area contributed by atoms with Crippen molar-refractivity contribution in [1.29, 1.82) is 0 Å². The standard InChI is InChI=1S/C33H40N2O4/c1-21(2)19-29-28(20-34-32(37)39-33(5,6)7)30(25-15-13-22(3)14-16-25)26(23(4)35-29)18-17-24-11-9-10-12-27(24)31(36)38-8/h9-18,21H,19-20H2,1-8H3,(H,34,37). The molecule has 0 aliphatic heterocycles. The maximum atomic E-state index is 12.6. The Bertz CT molecular complexity index is 1350. The van der Waals surface area contributed by atoms with Crippen molar-refractivity contribution in [3.05, 3.63) is 87.7 Å². The molecule has 1 N–H and O–H groups in total. The SMILES string of the molecule is COC(=O)c1ccccc1C=Cc1c(C)nc(CC(C)C)c(CNC(=O)OC(C)(C)C)c1-c1ccc(C)cc1. The molecule has 1 amide bonds. The normalized spacial score (nSPS) is 11.6. The molecule has 0 spiro atoms. The molecule has 0 fully saturated rings. The first-order chi connectivity index (χ1) is 18.4. The lowest BCUT2D eigenvalue weighted by molar-refractivity contribution is 0.0522. The van der Waals surface area contributed by atoms with Crippen molar-refractivity contribution in [2.45, 2.75) is 67.0 Å². The van der Waals surface area contributed by atoms with Gasteiger partial charge < -0.3 is 14.8 Å². The van der Waals surface area contributed by atoms with Crippen LogP contribution in [0.1, 0.15) is 78.6 Å². The van der Waals surface area contributed by atoms with Crippen molar-refractivity contribution in [3.8, 4) is 11.1 Å². The van der Waals surface area contributed by atoms with Gasteiger partial charge in [0.1, 0.15) is 5.60 Å². The lowest BCUT2D eigenvalue weighted by atomic mass is 9.89. The molecule has 1 heterocycles. The molecule has 1 aromatic heterocycles. The second kappa shape index (κ2) is 12.7. The summed E-state index contributed by atoms with van der Waals surface area (Å²) < 4.78 is 10.5. The number of methoxy groups -OCH3 is 1. The third-order valence-corrected chi connectivity index (χ3v) is 6.16. The number of rotatable bonds is 8. The van der Waals surface area contributed by atoms with E-state index in [0.29, 0.717) is 11.5 Å². The van der Waals surface area contributed by atoms with Crippen LogP contribution in [0, 0.1) is 19.8 Å². The van der Waals surface area contributed by atoms with Gasteiger partial charge in [-0.2, -0.15) is 0 Å². The van der Waals surface area contributed by atoms with Gasteiger partial charge in [0.15, 0.2) is 0 Å². The fraction of sp³-hybridized carbons (Fsp3) is 0.364. The van der Waals surface area contributed by atoms with E-state index < -0.39 is 17.7 Å². The third-order valence-electron chi connectivity index (χ3n) is 6.16. The topological polar surface area (TPSA) is 77.5 Å². The van der Waals surface area contributed by atoms with Crippen molar-refractivity contribution in [1.82, 2.24) is 10.3 Å². The van der Waals surface area contributed by atoms with Crippen LogP contribution in [-0.2, 0) is 22.4 Å². The quantitative estimate of drug-likeness (QED) is 0.306. The lowest BCUT2D eigenvalue weighted by Crippen LogP contribution is -2.32. The number of benzene rings is 2. The zero-order valence-electron chi connectivity index (χ0n) is 24.3. The summed E-state index contributed by atoms with van der Waals surface area (Å²) in [5.74, 6) is -0.0187. The Hall–Kier alpha value is -3.93. The molecule has 2 aromatic carbocycles. The number of ether oxygens (including phenoxy) is 2. The van der Waals surface area contributed by atoms with Gasteiger partial charge >= 0.3 is 12.1 Å². The first kappa shape index (κ1) is 29.6. The van der Waals surface area contributed by atoms with Crippen LogP contribution in [0.2, 0.25) is 0 Å². The third kappa shape index (κ3) is 8.03. The molecule has 206 valence electrons. The second-order valence-corrected chi connectivity index (χ2v) is 11.1.